The van der Waals surface area contributed by atoms with Gasteiger partial charge in [0.25, 0.3) is 5.91 Å². The minimum Gasteiger partial charge on any atom is -0.347 e. The summed E-state index contributed by atoms with van der Waals surface area (Å²) >= 11 is 1.34. The molecule has 7 heteroatoms. The van der Waals surface area contributed by atoms with Crippen LogP contribution >= 0.6 is 11.3 Å². The van der Waals surface area contributed by atoms with E-state index in [9.17, 15) is 4.79 Å². The molecule has 3 rings (SSSR count). The predicted octanol–water partition coefficient (Wildman–Crippen LogP) is 2.18. The number of carbonyl (C=O) groups excluding carboxylic acids is 1. The molecule has 3 aromatic rings. The maximum Gasteiger partial charge on any atom is 0.263 e. The number of aromatic nitrogens is 4. The minimum atomic E-state index is -0.110. The van der Waals surface area contributed by atoms with E-state index >= 15 is 0 Å². The van der Waals surface area contributed by atoms with Crippen molar-refractivity contribution in [2.24, 2.45) is 7.05 Å². The van der Waals surface area contributed by atoms with Crippen LogP contribution in [0.5, 0.6) is 0 Å². The number of aryl methyl sites for hydroxylation is 2. The molecule has 0 atom stereocenters. The molecule has 0 spiro atoms. The van der Waals surface area contributed by atoms with E-state index in [0.717, 1.165) is 22.5 Å². The van der Waals surface area contributed by atoms with Crippen LogP contribution in [0.3, 0.4) is 0 Å². The first-order valence-corrected chi connectivity index (χ1v) is 7.64. The van der Waals surface area contributed by atoms with E-state index in [-0.39, 0.29) is 5.91 Å². The second-order valence-corrected chi connectivity index (χ2v) is 5.72. The molecule has 22 heavy (non-hydrogen) atoms. The number of carbonyl (C=O) groups is 1. The Morgan fingerprint density at radius 2 is 2.27 bits per heavy atom. The third-order valence-corrected chi connectivity index (χ3v) is 4.19. The molecule has 0 saturated carbocycles. The summed E-state index contributed by atoms with van der Waals surface area (Å²) < 4.78 is 1.73. The highest BCUT2D eigenvalue weighted by atomic mass is 32.1. The molecular weight excluding hydrogens is 298 g/mol. The Kier molecular flexibility index (Phi) is 3.97. The van der Waals surface area contributed by atoms with Crippen LogP contribution in [0, 0.1) is 6.92 Å². The van der Waals surface area contributed by atoms with Crippen LogP contribution in [0.15, 0.2) is 36.2 Å². The van der Waals surface area contributed by atoms with E-state index in [1.54, 1.807) is 22.6 Å². The Morgan fingerprint density at radius 1 is 1.41 bits per heavy atom. The first kappa shape index (κ1) is 14.4. The van der Waals surface area contributed by atoms with Gasteiger partial charge in [-0.3, -0.25) is 14.5 Å². The number of amides is 1. The fraction of sp³-hybridized carbons (Fsp3) is 0.200. The highest BCUT2D eigenvalue weighted by Crippen LogP contribution is 2.20. The molecule has 0 saturated heterocycles. The van der Waals surface area contributed by atoms with Crippen LogP contribution in [0.1, 0.15) is 20.9 Å². The van der Waals surface area contributed by atoms with Crippen LogP contribution in [0.4, 0.5) is 0 Å². The van der Waals surface area contributed by atoms with Crippen molar-refractivity contribution < 1.29 is 4.79 Å². The molecule has 0 aliphatic carbocycles. The number of pyridine rings is 1. The third kappa shape index (κ3) is 2.89. The summed E-state index contributed by atoms with van der Waals surface area (Å²) in [6.45, 7) is 2.24. The van der Waals surface area contributed by atoms with Crippen molar-refractivity contribution in [1.29, 1.82) is 0 Å². The van der Waals surface area contributed by atoms with E-state index < -0.39 is 0 Å². The van der Waals surface area contributed by atoms with E-state index in [4.69, 9.17) is 0 Å². The van der Waals surface area contributed by atoms with Crippen LogP contribution in [0.2, 0.25) is 0 Å². The van der Waals surface area contributed by atoms with Gasteiger partial charge in [0.05, 0.1) is 23.1 Å². The van der Waals surface area contributed by atoms with Crippen LogP contribution in [-0.4, -0.2) is 25.7 Å². The summed E-state index contributed by atoms with van der Waals surface area (Å²) in [5.74, 6) is -0.110. The fourth-order valence-electron chi connectivity index (χ4n) is 2.16. The fourth-order valence-corrected chi connectivity index (χ4v) is 2.88. The number of rotatable bonds is 4. The zero-order valence-corrected chi connectivity index (χ0v) is 13.1. The maximum absolute atomic E-state index is 12.2. The molecule has 0 unspecified atom stereocenters. The van der Waals surface area contributed by atoms with Gasteiger partial charge in [0.2, 0.25) is 0 Å². The van der Waals surface area contributed by atoms with Gasteiger partial charge in [-0.05, 0) is 18.6 Å². The predicted molar refractivity (Wildman–Crippen MR) is 84.5 cm³/mol. The summed E-state index contributed by atoms with van der Waals surface area (Å²) in [4.78, 5) is 21.3. The van der Waals surface area contributed by atoms with Gasteiger partial charge >= 0.3 is 0 Å². The van der Waals surface area contributed by atoms with E-state index in [1.807, 2.05) is 32.3 Å². The Hall–Kier alpha value is -2.54. The molecule has 1 N–H and O–H groups in total. The van der Waals surface area contributed by atoms with Crippen molar-refractivity contribution in [3.63, 3.8) is 0 Å². The highest BCUT2D eigenvalue weighted by Gasteiger charge is 2.13. The Bertz CT molecular complexity index is 808. The number of hydrogen-bond donors (Lipinski definition) is 1. The van der Waals surface area contributed by atoms with E-state index in [2.05, 4.69) is 20.4 Å². The summed E-state index contributed by atoms with van der Waals surface area (Å²) in [6, 6.07) is 3.81. The SMILES string of the molecule is Cc1ncsc1C(=O)NCc1cccnc1-c1cnn(C)c1. The van der Waals surface area contributed by atoms with Gasteiger partial charge in [0.15, 0.2) is 0 Å². The maximum atomic E-state index is 12.2. The van der Waals surface area contributed by atoms with Crippen molar-refractivity contribution >= 4 is 17.2 Å². The van der Waals surface area contributed by atoms with Gasteiger partial charge in [-0.2, -0.15) is 5.10 Å². The van der Waals surface area contributed by atoms with Gasteiger partial charge in [-0.25, -0.2) is 4.98 Å². The van der Waals surface area contributed by atoms with Crippen LogP contribution in [-0.2, 0) is 13.6 Å². The number of hydrogen-bond acceptors (Lipinski definition) is 5. The Balaban J connectivity index is 1.79. The number of thiazole rings is 1. The van der Waals surface area contributed by atoms with Gasteiger partial charge in [-0.15, -0.1) is 11.3 Å². The van der Waals surface area contributed by atoms with E-state index in [1.165, 1.54) is 11.3 Å². The zero-order chi connectivity index (χ0) is 15.5. The normalized spacial score (nSPS) is 10.6. The lowest BCUT2D eigenvalue weighted by molar-refractivity contribution is 0.0954. The van der Waals surface area contributed by atoms with E-state index in [0.29, 0.717) is 11.4 Å². The summed E-state index contributed by atoms with van der Waals surface area (Å²) in [6.07, 6.45) is 5.41. The van der Waals surface area contributed by atoms with Crippen LogP contribution in [0.25, 0.3) is 11.3 Å². The Labute approximate surface area is 131 Å². The lowest BCUT2D eigenvalue weighted by Gasteiger charge is -2.08. The number of nitrogens with one attached hydrogen (secondary N) is 1. The first-order valence-electron chi connectivity index (χ1n) is 6.76. The highest BCUT2D eigenvalue weighted by molar-refractivity contribution is 7.11. The second-order valence-electron chi connectivity index (χ2n) is 4.86. The first-order chi connectivity index (χ1) is 10.6. The lowest BCUT2D eigenvalue weighted by Crippen LogP contribution is -2.23. The van der Waals surface area contributed by atoms with Gasteiger partial charge in [0.1, 0.15) is 4.88 Å². The van der Waals surface area contributed by atoms with Crippen molar-refractivity contribution in [3.8, 4) is 11.3 Å². The molecule has 0 radical (unpaired) electrons. The Morgan fingerprint density at radius 3 is 2.95 bits per heavy atom. The molecule has 6 nitrogen and oxygen atoms in total. The number of nitrogens with zero attached hydrogens (tertiary/aromatic N) is 4. The van der Waals surface area contributed by atoms with Gasteiger partial charge in [0, 0.05) is 31.5 Å². The average Bonchev–Trinajstić information content (AvgIpc) is 3.13. The molecule has 0 aliphatic rings. The summed E-state index contributed by atoms with van der Waals surface area (Å²) in [7, 11) is 1.86. The molecule has 0 aliphatic heterocycles. The van der Waals surface area contributed by atoms with Gasteiger partial charge < -0.3 is 5.32 Å². The minimum absolute atomic E-state index is 0.110. The van der Waals surface area contributed by atoms with Crippen molar-refractivity contribution in [2.75, 3.05) is 0 Å². The third-order valence-electron chi connectivity index (χ3n) is 3.26. The summed E-state index contributed by atoms with van der Waals surface area (Å²) in [5.41, 5.74) is 5.14. The smallest absolute Gasteiger partial charge is 0.263 e. The topological polar surface area (TPSA) is 72.7 Å². The van der Waals surface area contributed by atoms with Crippen molar-refractivity contribution in [1.82, 2.24) is 25.1 Å². The van der Waals surface area contributed by atoms with Crippen molar-refractivity contribution in [2.45, 2.75) is 13.5 Å². The average molecular weight is 313 g/mol. The zero-order valence-electron chi connectivity index (χ0n) is 12.3. The molecular formula is C15H15N5OS. The molecule has 3 heterocycles. The van der Waals surface area contributed by atoms with Gasteiger partial charge in [-0.1, -0.05) is 6.07 Å². The van der Waals surface area contributed by atoms with Crippen LogP contribution < -0.4 is 5.32 Å². The molecule has 3 aromatic heterocycles. The molecule has 0 aromatic carbocycles. The molecule has 112 valence electrons. The summed E-state index contributed by atoms with van der Waals surface area (Å²) in [5, 5.41) is 7.09. The standard InChI is InChI=1S/C15H15N5OS/c1-10-14(22-9-18-10)15(21)17-6-11-4-3-5-16-13(11)12-7-19-20(2)8-12/h3-5,7-9H,6H2,1-2H3,(H,17,21). The largest absolute Gasteiger partial charge is 0.347 e. The molecule has 0 fully saturated rings. The quantitative estimate of drug-likeness (QED) is 0.801. The monoisotopic (exact) mass is 313 g/mol. The van der Waals surface area contributed by atoms with Crippen molar-refractivity contribution in [3.05, 3.63) is 52.4 Å². The molecule has 1 amide bonds. The lowest BCUT2D eigenvalue weighted by atomic mass is 10.1. The molecule has 0 bridgehead atoms. The second kappa shape index (κ2) is 6.07.